The summed E-state index contributed by atoms with van der Waals surface area (Å²) in [5.41, 5.74) is 2.21. The minimum atomic E-state index is -0.566. The zero-order valence-electron chi connectivity index (χ0n) is 12.5. The van der Waals surface area contributed by atoms with Crippen molar-refractivity contribution in [1.82, 2.24) is 15.0 Å². The molecule has 2 amide bonds. The van der Waals surface area contributed by atoms with Gasteiger partial charge in [0.05, 0.1) is 6.21 Å². The number of hydrogen-bond donors (Lipinski definition) is 4. The molecule has 0 aliphatic heterocycles. The Bertz CT molecular complexity index is 900. The Balaban J connectivity index is 1.73. The summed E-state index contributed by atoms with van der Waals surface area (Å²) in [6.07, 6.45) is 2.87. The number of aromatic nitrogens is 2. The zero-order valence-corrected chi connectivity index (χ0v) is 13.3. The van der Waals surface area contributed by atoms with Crippen molar-refractivity contribution in [3.63, 3.8) is 0 Å². The van der Waals surface area contributed by atoms with E-state index < -0.39 is 11.6 Å². The molecule has 4 N–H and O–H groups in total. The van der Waals surface area contributed by atoms with Crippen LogP contribution in [0.4, 0.5) is 10.5 Å². The van der Waals surface area contributed by atoms with Gasteiger partial charge >= 0.3 is 6.03 Å². The fourth-order valence-electron chi connectivity index (χ4n) is 2.18. The molecule has 0 saturated heterocycles. The Morgan fingerprint density at radius 3 is 2.75 bits per heavy atom. The number of carbonyl (C=O) groups is 1. The van der Waals surface area contributed by atoms with Gasteiger partial charge in [-0.2, -0.15) is 5.10 Å². The summed E-state index contributed by atoms with van der Waals surface area (Å²) in [5.74, 6) is -0.250. The number of aromatic hydroxyl groups is 1. The van der Waals surface area contributed by atoms with E-state index in [-0.39, 0.29) is 22.3 Å². The van der Waals surface area contributed by atoms with E-state index in [0.717, 1.165) is 19.1 Å². The summed E-state index contributed by atoms with van der Waals surface area (Å²) in [5, 5.41) is 16.5. The number of carbonyl (C=O) groups excluding carboxylic acids is 1. The van der Waals surface area contributed by atoms with Crippen LogP contribution in [-0.2, 0) is 0 Å². The lowest BCUT2D eigenvalue weighted by Crippen LogP contribution is -2.25. The Kier molecular flexibility index (Phi) is 4.43. The number of hydrazone groups is 1. The lowest BCUT2D eigenvalue weighted by atomic mass is 10.3. The maximum atomic E-state index is 11.9. The van der Waals surface area contributed by atoms with Gasteiger partial charge in [-0.15, -0.1) is 0 Å². The number of nitrogens with zero attached hydrogens (tertiary/aromatic N) is 2. The van der Waals surface area contributed by atoms with Crippen LogP contribution in [0, 0.1) is 4.77 Å². The van der Waals surface area contributed by atoms with Crippen molar-refractivity contribution in [2.75, 3.05) is 5.32 Å². The molecule has 1 fully saturated rings. The van der Waals surface area contributed by atoms with Crippen LogP contribution in [-0.4, -0.2) is 26.9 Å². The van der Waals surface area contributed by atoms with Crippen molar-refractivity contribution < 1.29 is 9.90 Å². The first kappa shape index (κ1) is 15.9. The Morgan fingerprint density at radius 1 is 1.38 bits per heavy atom. The zero-order chi connectivity index (χ0) is 17.1. The highest BCUT2D eigenvalue weighted by atomic mass is 32.1. The van der Waals surface area contributed by atoms with Gasteiger partial charge in [0.1, 0.15) is 5.56 Å². The third kappa shape index (κ3) is 3.51. The second-order valence-corrected chi connectivity index (χ2v) is 5.67. The second-order valence-electron chi connectivity index (χ2n) is 5.29. The van der Waals surface area contributed by atoms with Crippen LogP contribution in [0.3, 0.4) is 0 Å². The lowest BCUT2D eigenvalue weighted by molar-refractivity contribution is 0.252. The molecule has 2 aromatic rings. The highest BCUT2D eigenvalue weighted by Gasteiger charge is 2.27. The summed E-state index contributed by atoms with van der Waals surface area (Å²) < 4.78 is 1.66. The minimum absolute atomic E-state index is 0.0597. The average Bonchev–Trinajstić information content (AvgIpc) is 3.36. The van der Waals surface area contributed by atoms with Gasteiger partial charge in [-0.1, -0.05) is 18.2 Å². The molecule has 8 nitrogen and oxygen atoms in total. The number of anilines is 1. The van der Waals surface area contributed by atoms with E-state index in [4.69, 9.17) is 12.2 Å². The van der Waals surface area contributed by atoms with Crippen LogP contribution >= 0.6 is 12.2 Å². The molecule has 0 atom stereocenters. The third-order valence-corrected chi connectivity index (χ3v) is 3.76. The molecule has 0 bridgehead atoms. The van der Waals surface area contributed by atoms with Crippen LogP contribution in [0.1, 0.15) is 24.4 Å². The van der Waals surface area contributed by atoms with Crippen molar-refractivity contribution in [3.05, 3.63) is 51.0 Å². The van der Waals surface area contributed by atoms with E-state index in [1.807, 2.05) is 6.07 Å². The van der Waals surface area contributed by atoms with Gasteiger partial charge in [0.2, 0.25) is 5.88 Å². The summed E-state index contributed by atoms with van der Waals surface area (Å²) in [6.45, 7) is 0. The van der Waals surface area contributed by atoms with Gasteiger partial charge in [-0.25, -0.2) is 10.2 Å². The molecule has 1 aromatic heterocycles. The van der Waals surface area contributed by atoms with Crippen LogP contribution in [0.5, 0.6) is 5.88 Å². The number of benzene rings is 1. The molecule has 3 rings (SSSR count). The number of aromatic amines is 1. The molecular weight excluding hydrogens is 330 g/mol. The van der Waals surface area contributed by atoms with E-state index in [1.165, 1.54) is 4.57 Å². The molecule has 24 heavy (non-hydrogen) atoms. The van der Waals surface area contributed by atoms with Crippen LogP contribution < -0.4 is 16.3 Å². The monoisotopic (exact) mass is 345 g/mol. The number of H-pyrrole nitrogens is 1. The molecule has 9 heteroatoms. The first-order valence-electron chi connectivity index (χ1n) is 7.29. The fourth-order valence-corrected chi connectivity index (χ4v) is 2.50. The largest absolute Gasteiger partial charge is 0.494 e. The smallest absolute Gasteiger partial charge is 0.339 e. The molecular formula is C15H15N5O3S. The van der Waals surface area contributed by atoms with Gasteiger partial charge in [0, 0.05) is 11.7 Å². The standard InChI is InChI=1S/C15H15N5O3S/c21-12-11(13(22)20(10-6-7-10)15(24)18-12)8-16-19-14(23)17-9-4-2-1-3-5-9/h1-5,8,10,22H,6-7H2,(H2,17,19,23)(H,18,21,24)/b16-8+. The molecule has 0 spiro atoms. The Hall–Kier alpha value is -2.94. The number of para-hydroxylation sites is 1. The van der Waals surface area contributed by atoms with Crippen LogP contribution in [0.25, 0.3) is 0 Å². The van der Waals surface area contributed by atoms with Gasteiger partial charge in [0.15, 0.2) is 4.77 Å². The van der Waals surface area contributed by atoms with E-state index >= 15 is 0 Å². The predicted octanol–water partition coefficient (Wildman–Crippen LogP) is 2.10. The van der Waals surface area contributed by atoms with Crippen molar-refractivity contribution in [2.24, 2.45) is 5.10 Å². The highest BCUT2D eigenvalue weighted by molar-refractivity contribution is 7.71. The first-order chi connectivity index (χ1) is 11.6. The quantitative estimate of drug-likeness (QED) is 0.386. The Morgan fingerprint density at radius 2 is 2.08 bits per heavy atom. The molecule has 0 unspecified atom stereocenters. The lowest BCUT2D eigenvalue weighted by Gasteiger charge is -2.09. The first-order valence-corrected chi connectivity index (χ1v) is 7.70. The maximum Gasteiger partial charge on any atom is 0.339 e. The number of nitrogens with one attached hydrogen (secondary N) is 3. The summed E-state index contributed by atoms with van der Waals surface area (Å²) in [7, 11) is 0. The molecule has 1 heterocycles. The summed E-state index contributed by atoms with van der Waals surface area (Å²) >= 11 is 5.05. The third-order valence-electron chi connectivity index (χ3n) is 3.46. The predicted molar refractivity (Wildman–Crippen MR) is 92.0 cm³/mol. The number of rotatable bonds is 4. The number of amides is 2. The van der Waals surface area contributed by atoms with Gasteiger partial charge in [0.25, 0.3) is 5.56 Å². The second kappa shape index (κ2) is 6.67. The molecule has 124 valence electrons. The van der Waals surface area contributed by atoms with E-state index in [2.05, 4.69) is 20.8 Å². The fraction of sp³-hybridized carbons (Fsp3) is 0.200. The van der Waals surface area contributed by atoms with Crippen molar-refractivity contribution in [2.45, 2.75) is 18.9 Å². The SMILES string of the molecule is O=C(N/N=C/c1c(O)n(C2CC2)c(=S)[nH]c1=O)Nc1ccccc1. The topological polar surface area (TPSA) is 112 Å². The van der Waals surface area contributed by atoms with Crippen LogP contribution in [0.15, 0.2) is 40.2 Å². The van der Waals surface area contributed by atoms with E-state index in [0.29, 0.717) is 5.69 Å². The van der Waals surface area contributed by atoms with E-state index in [1.54, 1.807) is 24.3 Å². The maximum absolute atomic E-state index is 11.9. The van der Waals surface area contributed by atoms with Crippen molar-refractivity contribution >= 4 is 30.2 Å². The number of urea groups is 1. The van der Waals surface area contributed by atoms with Crippen LogP contribution in [0.2, 0.25) is 0 Å². The van der Waals surface area contributed by atoms with Gasteiger partial charge < -0.3 is 10.4 Å². The highest BCUT2D eigenvalue weighted by Crippen LogP contribution is 2.37. The Labute approximate surface area is 141 Å². The normalized spacial score (nSPS) is 13.8. The van der Waals surface area contributed by atoms with Crippen molar-refractivity contribution in [1.29, 1.82) is 0 Å². The summed E-state index contributed by atoms with van der Waals surface area (Å²) in [4.78, 5) is 26.1. The molecule has 1 aromatic carbocycles. The number of hydrogen-bond acceptors (Lipinski definition) is 5. The van der Waals surface area contributed by atoms with Gasteiger partial charge in [-0.3, -0.25) is 14.3 Å². The molecule has 1 aliphatic carbocycles. The minimum Gasteiger partial charge on any atom is -0.494 e. The van der Waals surface area contributed by atoms with Gasteiger partial charge in [-0.05, 0) is 37.2 Å². The molecule has 0 radical (unpaired) electrons. The van der Waals surface area contributed by atoms with E-state index in [9.17, 15) is 14.7 Å². The van der Waals surface area contributed by atoms with Crippen molar-refractivity contribution in [3.8, 4) is 5.88 Å². The molecule has 1 aliphatic rings. The summed E-state index contributed by atoms with van der Waals surface area (Å²) in [6, 6.07) is 8.36. The molecule has 1 saturated carbocycles. The average molecular weight is 345 g/mol.